The topological polar surface area (TPSA) is 641 Å². The van der Waals surface area contributed by atoms with Gasteiger partial charge in [0.05, 0.1) is 99.1 Å². The van der Waals surface area contributed by atoms with Gasteiger partial charge in [0.25, 0.3) is 40.5 Å². The Bertz CT molecular complexity index is 5380. The molecule has 45 heteroatoms. The first-order valence-corrected chi connectivity index (χ1v) is 32.3. The molecule has 0 saturated heterocycles. The summed E-state index contributed by atoms with van der Waals surface area (Å²) in [4.78, 5) is 9.49. The Morgan fingerprint density at radius 3 is 1.30 bits per heavy atom. The lowest BCUT2D eigenvalue weighted by atomic mass is 10.2. The molecular weight excluding hydrogens is 1420 g/mol. The molecule has 0 saturated carbocycles. The van der Waals surface area contributed by atoms with Gasteiger partial charge in [0, 0.05) is 4.90 Å². The molecule has 38 nitrogen and oxygen atoms in total. The van der Waals surface area contributed by atoms with Crippen molar-refractivity contribution in [3.8, 4) is 64.5 Å². The van der Waals surface area contributed by atoms with E-state index in [1.54, 1.807) is 18.2 Å². The summed E-state index contributed by atoms with van der Waals surface area (Å²) in [7, 11) is -16.5. The number of aromatic nitrogens is 10. The number of hydrogen-bond donors (Lipinski definition) is 11. The lowest BCUT2D eigenvalue weighted by Gasteiger charge is -2.10. The van der Waals surface area contributed by atoms with Crippen LogP contribution in [0.25, 0.3) is 28.4 Å². The van der Waals surface area contributed by atoms with Crippen LogP contribution < -0.4 is 33.4 Å². The van der Waals surface area contributed by atoms with Crippen molar-refractivity contribution < 1.29 is 81.1 Å². The number of halogens is 2. The van der Waals surface area contributed by atoms with Crippen molar-refractivity contribution in [2.75, 3.05) is 35.8 Å². The van der Waals surface area contributed by atoms with Crippen molar-refractivity contribution in [2.45, 2.75) is 24.5 Å². The Hall–Kier alpha value is -11.7. The Kier molecular flexibility index (Phi) is 23.8. The predicted molar refractivity (Wildman–Crippen MR) is 337 cm³/mol. The summed E-state index contributed by atoms with van der Waals surface area (Å²) in [6, 6.07) is 30.5. The molecule has 0 aliphatic carbocycles. The van der Waals surface area contributed by atoms with Gasteiger partial charge in [-0.2, -0.15) is 85.5 Å². The van der Waals surface area contributed by atoms with E-state index in [1.165, 1.54) is 113 Å². The van der Waals surface area contributed by atoms with Gasteiger partial charge < -0.3 is 38.5 Å². The monoisotopic (exact) mass is 1460 g/mol. The molecule has 5 aromatic heterocycles. The molecule has 0 radical (unpaired) electrons. The molecule has 10 rings (SSSR count). The zero-order valence-corrected chi connectivity index (χ0v) is 53.7. The van der Waals surface area contributed by atoms with Gasteiger partial charge in [-0.25, -0.2) is 33.5 Å². The Morgan fingerprint density at radius 2 is 0.897 bits per heavy atom. The molecule has 0 spiro atoms. The molecule has 0 fully saturated rings. The SMILES string of the molecule is COc1ccc(-n2ncc(C#N)c2N)cc1S(=O)(=O)O.N#Cc1cnn(-c2cc(Cl)c(S(=O)(=O)O)cc2Cl)c1N.N#Cc1cnn(-c2cc(SOOO)ccc2S(=O)(=O)O)c1N.N#Cc1cnn(-c2ccc(S(=O)(=O)O)cc2)c1N.N#Cc1cnn(-c2cccc(C(=O)O)c2)c1N. The minimum atomic E-state index is -4.56. The second-order valence-corrected chi connectivity index (χ2v) is 25.2. The number of carboxylic acid groups (broad SMARTS) is 1. The average molecular weight is 1460 g/mol. The van der Waals surface area contributed by atoms with Crippen LogP contribution in [0.5, 0.6) is 5.75 Å². The van der Waals surface area contributed by atoms with E-state index in [-0.39, 0.29) is 100 Å². The summed E-state index contributed by atoms with van der Waals surface area (Å²) >= 11 is 12.3. The minimum Gasteiger partial charge on any atom is -0.495 e. The number of ether oxygens (including phenoxy) is 1. The maximum atomic E-state index is 11.4. The van der Waals surface area contributed by atoms with E-state index in [0.717, 1.165) is 33.8 Å². The number of nitrogens with two attached hydrogens (primary N) is 5. The third-order valence-corrected chi connectivity index (χ3v) is 17.0. The molecule has 5 heterocycles. The zero-order valence-electron chi connectivity index (χ0n) is 48.1. The molecule has 500 valence electrons. The number of nitriles is 5. The van der Waals surface area contributed by atoms with Crippen LogP contribution in [0, 0.1) is 56.7 Å². The van der Waals surface area contributed by atoms with E-state index < -0.39 is 61.1 Å². The van der Waals surface area contributed by atoms with Gasteiger partial charge in [-0.05, 0) is 91.0 Å². The van der Waals surface area contributed by atoms with Crippen molar-refractivity contribution in [3.63, 3.8) is 0 Å². The van der Waals surface area contributed by atoms with Crippen molar-refractivity contribution >= 4 is 111 Å². The minimum absolute atomic E-state index is 0.0116. The molecule has 16 N–H and O–H groups in total. The lowest BCUT2D eigenvalue weighted by molar-refractivity contribution is -0.432. The predicted octanol–water partition coefficient (Wildman–Crippen LogP) is 5.06. The van der Waals surface area contributed by atoms with Crippen molar-refractivity contribution in [1.29, 1.82) is 26.3 Å². The second kappa shape index (κ2) is 31.0. The van der Waals surface area contributed by atoms with E-state index in [0.29, 0.717) is 28.3 Å². The first-order chi connectivity index (χ1) is 45.6. The highest BCUT2D eigenvalue weighted by atomic mass is 35.5. The summed E-state index contributed by atoms with van der Waals surface area (Å²) in [5.74, 6) is -0.689. The van der Waals surface area contributed by atoms with Crippen molar-refractivity contribution in [3.05, 3.63) is 171 Å². The van der Waals surface area contributed by atoms with E-state index in [9.17, 15) is 47.6 Å². The van der Waals surface area contributed by atoms with Crippen LogP contribution in [0.3, 0.4) is 0 Å². The van der Waals surface area contributed by atoms with E-state index in [2.05, 4.69) is 34.9 Å². The molecule has 0 aliphatic rings. The van der Waals surface area contributed by atoms with E-state index in [4.69, 9.17) is 102 Å². The van der Waals surface area contributed by atoms with Crippen LogP contribution in [0.2, 0.25) is 10.0 Å². The highest BCUT2D eigenvalue weighted by Crippen LogP contribution is 2.34. The smallest absolute Gasteiger partial charge is 0.335 e. The van der Waals surface area contributed by atoms with Gasteiger partial charge >= 0.3 is 5.97 Å². The molecule has 0 unspecified atom stereocenters. The summed E-state index contributed by atoms with van der Waals surface area (Å²) in [6.45, 7) is 0. The Balaban J connectivity index is 0.000000192. The lowest BCUT2D eigenvalue weighted by Crippen LogP contribution is -2.09. The van der Waals surface area contributed by atoms with Gasteiger partial charge in [0.1, 0.15) is 108 Å². The molecule has 0 amide bonds. The van der Waals surface area contributed by atoms with E-state index in [1.807, 2.05) is 24.3 Å². The number of carbonyl (C=O) groups is 1. The summed E-state index contributed by atoms with van der Waals surface area (Å²) < 4.78 is 141. The van der Waals surface area contributed by atoms with Crippen LogP contribution in [-0.2, 0) is 49.8 Å². The molecule has 0 aliphatic heterocycles. The highest BCUT2D eigenvalue weighted by molar-refractivity contribution is 7.94. The van der Waals surface area contributed by atoms with Crippen LogP contribution >= 0.6 is 35.2 Å². The van der Waals surface area contributed by atoms with Crippen LogP contribution in [0.1, 0.15) is 38.2 Å². The van der Waals surface area contributed by atoms with Crippen LogP contribution in [-0.4, -0.2) is 124 Å². The van der Waals surface area contributed by atoms with Gasteiger partial charge in [-0.1, -0.05) is 34.3 Å². The number of aromatic carboxylic acids is 1. The normalized spacial score (nSPS) is 11.0. The van der Waals surface area contributed by atoms with Crippen molar-refractivity contribution in [1.82, 2.24) is 48.9 Å². The standard InChI is InChI=1S/C11H10N4O4S.C11H8N4O2.C10H6Cl2N4O3S.C10H8N4O6S2.C10H8N4O3S/c1-19-9-3-2-8(4-10(9)20(16,17)18)15-11(13)7(5-12)6-14-15;12-5-8-6-14-15(10(8)13)9-3-1-2-7(4-9)11(16)17;11-6-2-9(20(17,18)19)7(12)1-8(6)16-10(14)5(3-13)4-15-16;11-4-6-5-13-14(10(6)12)8-3-7(21-20-19-15)1-2-9(8)22(16,17)18;11-5-7-6-13-14(10(7)12)8-1-3-9(4-2-8)18(15,16)17/h2-4,6H,13H2,1H3,(H,16,17,18);1-4,6H,13H2,(H,16,17);1-2,4H,14H2,(H,17,18,19);1-3,5,15H,12H2,(H,16,17,18);1-4,6H,12H2,(H,15,16,17). The average Bonchev–Trinajstić information content (AvgIpc) is 1.79. The van der Waals surface area contributed by atoms with Crippen molar-refractivity contribution in [2.24, 2.45) is 0 Å². The fourth-order valence-electron chi connectivity index (χ4n) is 7.62. The first-order valence-electron chi connectivity index (χ1n) is 25.1. The largest absolute Gasteiger partial charge is 0.495 e. The quantitative estimate of drug-likeness (QED) is 0.0293. The molecule has 0 atom stereocenters. The first kappa shape index (κ1) is 74.4. The Morgan fingerprint density at radius 1 is 0.485 bits per heavy atom. The maximum Gasteiger partial charge on any atom is 0.335 e. The van der Waals surface area contributed by atoms with Gasteiger partial charge in [0.2, 0.25) is 0 Å². The third-order valence-electron chi connectivity index (χ3n) is 12.1. The summed E-state index contributed by atoms with van der Waals surface area (Å²) in [5.41, 5.74) is 30.8. The molecular formula is C52H40Cl2N20O18S5. The fourth-order valence-corrected chi connectivity index (χ4v) is 11.1. The number of benzene rings is 5. The Labute approximate surface area is 560 Å². The molecule has 0 bridgehead atoms. The van der Waals surface area contributed by atoms with Crippen LogP contribution in [0.15, 0.2) is 153 Å². The van der Waals surface area contributed by atoms with Gasteiger partial charge in [-0.3, -0.25) is 18.2 Å². The number of rotatable bonds is 14. The third kappa shape index (κ3) is 17.8. The number of nitrogen functional groups attached to an aromatic ring is 5. The number of nitrogens with zero attached hydrogens (tertiary/aromatic N) is 15. The second-order valence-electron chi connectivity index (χ2n) is 18.0. The number of carboxylic acids is 1. The zero-order chi connectivity index (χ0) is 72.1. The fraction of sp³-hybridized carbons (Fsp3) is 0.0192. The summed E-state index contributed by atoms with van der Waals surface area (Å²) in [5, 5.41) is 83.5. The summed E-state index contributed by atoms with van der Waals surface area (Å²) in [6.07, 6.45) is 6.29. The molecule has 10 aromatic rings. The van der Waals surface area contributed by atoms with Crippen LogP contribution in [0.4, 0.5) is 29.1 Å². The van der Waals surface area contributed by atoms with Gasteiger partial charge in [0.15, 0.2) is 0 Å². The van der Waals surface area contributed by atoms with Gasteiger partial charge in [-0.15, -0.1) is 4.33 Å². The number of anilines is 5. The number of hydrogen-bond acceptors (Lipinski definition) is 29. The highest BCUT2D eigenvalue weighted by Gasteiger charge is 2.24. The molecule has 97 heavy (non-hydrogen) atoms. The van der Waals surface area contributed by atoms with E-state index >= 15 is 0 Å². The number of methoxy groups -OCH3 is 1. The maximum absolute atomic E-state index is 11.4. The molecule has 5 aromatic carbocycles.